The lowest BCUT2D eigenvalue weighted by atomic mass is 9.53. The van der Waals surface area contributed by atoms with Crippen molar-refractivity contribution in [2.45, 2.75) is 105 Å². The molecule has 1 heterocycles. The van der Waals surface area contributed by atoms with E-state index in [9.17, 15) is 49.5 Å². The lowest BCUT2D eigenvalue weighted by molar-refractivity contribution is -0.348. The predicted octanol–water partition coefficient (Wildman–Crippen LogP) is 7.18. The predicted molar refractivity (Wildman–Crippen MR) is 155 cm³/mol. The maximum Gasteiger partial charge on any atom is 0.435 e. The summed E-state index contributed by atoms with van der Waals surface area (Å²) in [6.45, 7) is 1.83. The molecule has 2 bridgehead atoms. The van der Waals surface area contributed by atoms with Crippen LogP contribution in [0.3, 0.4) is 0 Å². The summed E-state index contributed by atoms with van der Waals surface area (Å²) in [5.41, 5.74) is -8.53. The summed E-state index contributed by atoms with van der Waals surface area (Å²) in [7, 11) is -4.45. The van der Waals surface area contributed by atoms with E-state index in [1.54, 1.807) is 12.1 Å². The van der Waals surface area contributed by atoms with Gasteiger partial charge in [-0.25, -0.2) is 12.8 Å². The Morgan fingerprint density at radius 1 is 0.851 bits per heavy atom. The number of nitrogens with zero attached hydrogens (tertiary/aromatic N) is 1. The Labute approximate surface area is 267 Å². The molecule has 1 amide bonds. The number of carbonyl (C=O) groups excluding carboxylic acids is 1. The van der Waals surface area contributed by atoms with E-state index < -0.39 is 61.0 Å². The van der Waals surface area contributed by atoms with E-state index in [1.165, 1.54) is 17.0 Å². The number of aryl methyl sites for hydroxylation is 2. The van der Waals surface area contributed by atoms with Crippen LogP contribution in [0.15, 0.2) is 47.4 Å². The number of hydrogen-bond acceptors (Lipinski definition) is 4. The molecule has 0 aromatic heterocycles. The highest BCUT2D eigenvalue weighted by molar-refractivity contribution is 7.92. The van der Waals surface area contributed by atoms with Crippen LogP contribution in [-0.2, 0) is 42.7 Å². The van der Waals surface area contributed by atoms with Gasteiger partial charge in [0, 0.05) is 17.5 Å². The summed E-state index contributed by atoms with van der Waals surface area (Å²) in [6.07, 6.45) is -10.7. The number of amides is 1. The van der Waals surface area contributed by atoms with Crippen LogP contribution in [0.1, 0.15) is 80.5 Å². The van der Waals surface area contributed by atoms with Gasteiger partial charge < -0.3 is 10.0 Å². The van der Waals surface area contributed by atoms with Crippen LogP contribution in [0.25, 0.3) is 0 Å². The van der Waals surface area contributed by atoms with Gasteiger partial charge in [-0.15, -0.1) is 0 Å². The molecule has 2 aromatic rings. The second-order valence-electron chi connectivity index (χ2n) is 13.6. The van der Waals surface area contributed by atoms with Crippen molar-refractivity contribution < 1.29 is 53.8 Å². The molecule has 4 fully saturated rings. The second kappa shape index (κ2) is 10.7. The number of carboxylic acids is 1. The molecule has 1 N–H and O–H groups in total. The highest BCUT2D eigenvalue weighted by Crippen LogP contribution is 2.61. The number of halogens is 7. The molecule has 0 spiro atoms. The number of benzene rings is 2. The molecule has 6 nitrogen and oxygen atoms in total. The van der Waals surface area contributed by atoms with Gasteiger partial charge in [0.05, 0.1) is 16.4 Å². The fourth-order valence-electron chi connectivity index (χ4n) is 8.72. The largest absolute Gasteiger partial charge is 0.481 e. The minimum Gasteiger partial charge on any atom is -0.481 e. The third-order valence-electron chi connectivity index (χ3n) is 11.6. The van der Waals surface area contributed by atoms with Crippen molar-refractivity contribution in [3.05, 3.63) is 64.7 Å². The molecule has 1 saturated heterocycles. The summed E-state index contributed by atoms with van der Waals surface area (Å²) in [4.78, 5) is 27.8. The first-order chi connectivity index (χ1) is 21.8. The van der Waals surface area contributed by atoms with Crippen LogP contribution < -0.4 is 0 Å². The van der Waals surface area contributed by atoms with Crippen LogP contribution >= 0.6 is 0 Å². The Balaban J connectivity index is 1.47. The lowest BCUT2D eigenvalue weighted by Crippen LogP contribution is -2.57. The van der Waals surface area contributed by atoms with Crippen molar-refractivity contribution in [1.29, 1.82) is 0 Å². The third kappa shape index (κ3) is 4.58. The maximum atomic E-state index is 15.1. The molecular formula is C33H34F7NO5S. The first-order valence-electron chi connectivity index (χ1n) is 15.6. The number of rotatable bonds is 6. The zero-order valence-electron chi connectivity index (χ0n) is 25.5. The molecule has 4 aliphatic carbocycles. The number of carbonyl (C=O) groups is 2. The fourth-order valence-corrected chi connectivity index (χ4v) is 11.1. The SMILES string of the molecule is CCc1ccc(S(=O)(=O)C23CCN(C(=O)C45CCC(C(=O)O)(CC4)CC5)C2CCc2cc(C(F)(C(F)(F)F)C(F)(F)F)ccc23)cc1. The monoisotopic (exact) mass is 689 g/mol. The molecule has 256 valence electrons. The standard InChI is InChI=1S/C33H34F7NO5S/c1-2-20-3-7-23(8-4-20)47(45,46)30-17-18-41(26(42)28-11-14-29(15-12-28,16-13-28)27(43)44)25(30)10-5-21-19-22(6-9-24(21)30)31(34,32(35,36)37)33(38,39)40/h3-4,6-9,19,25H,2,5,10-18H2,1H3,(H,43,44). The van der Waals surface area contributed by atoms with Gasteiger partial charge in [0.2, 0.25) is 5.91 Å². The average Bonchev–Trinajstić information content (AvgIpc) is 3.45. The molecule has 2 atom stereocenters. The molecule has 14 heteroatoms. The second-order valence-corrected chi connectivity index (χ2v) is 15.8. The molecule has 7 rings (SSSR count). The van der Waals surface area contributed by atoms with Crippen molar-refractivity contribution in [3.8, 4) is 0 Å². The Hall–Kier alpha value is -3.16. The van der Waals surface area contributed by atoms with E-state index in [0.717, 1.165) is 11.6 Å². The van der Waals surface area contributed by atoms with Crippen LogP contribution in [-0.4, -0.2) is 55.2 Å². The average molecular weight is 690 g/mol. The molecule has 47 heavy (non-hydrogen) atoms. The summed E-state index contributed by atoms with van der Waals surface area (Å²) >= 11 is 0. The van der Waals surface area contributed by atoms with E-state index in [2.05, 4.69) is 0 Å². The van der Waals surface area contributed by atoms with Gasteiger partial charge in [0.1, 0.15) is 4.75 Å². The van der Waals surface area contributed by atoms with E-state index in [1.807, 2.05) is 6.92 Å². The number of fused-ring (bicyclic) bond motifs is 6. The van der Waals surface area contributed by atoms with E-state index >= 15 is 4.39 Å². The zero-order chi connectivity index (χ0) is 34.4. The fraction of sp³-hybridized carbons (Fsp3) is 0.576. The van der Waals surface area contributed by atoms with Crippen molar-refractivity contribution in [2.24, 2.45) is 10.8 Å². The number of likely N-dealkylation sites (tertiary alicyclic amines) is 1. The number of alkyl halides is 7. The minimum atomic E-state index is -6.34. The molecule has 2 unspecified atom stereocenters. The summed E-state index contributed by atoms with van der Waals surface area (Å²) < 4.78 is 125. The van der Waals surface area contributed by atoms with Gasteiger partial charge in [-0.05, 0) is 93.0 Å². The number of aliphatic carboxylic acids is 1. The minimum absolute atomic E-state index is 0.0407. The van der Waals surface area contributed by atoms with Gasteiger partial charge in [0.15, 0.2) is 9.84 Å². The van der Waals surface area contributed by atoms with Crippen molar-refractivity contribution in [1.82, 2.24) is 4.90 Å². The maximum absolute atomic E-state index is 15.1. The Kier molecular flexibility index (Phi) is 7.66. The topological polar surface area (TPSA) is 91.8 Å². The van der Waals surface area contributed by atoms with Gasteiger partial charge in [-0.1, -0.05) is 37.3 Å². The molecule has 5 aliphatic rings. The van der Waals surface area contributed by atoms with Gasteiger partial charge in [-0.2, -0.15) is 26.3 Å². The van der Waals surface area contributed by atoms with Crippen LogP contribution in [0.2, 0.25) is 0 Å². The van der Waals surface area contributed by atoms with Gasteiger partial charge in [-0.3, -0.25) is 9.59 Å². The Morgan fingerprint density at radius 3 is 1.91 bits per heavy atom. The van der Waals surface area contributed by atoms with Crippen LogP contribution in [0.4, 0.5) is 30.7 Å². The summed E-state index contributed by atoms with van der Waals surface area (Å²) in [6, 6.07) is 6.72. The van der Waals surface area contributed by atoms with Gasteiger partial charge in [0.25, 0.3) is 0 Å². The summed E-state index contributed by atoms with van der Waals surface area (Å²) in [5, 5.41) is 9.81. The first-order valence-corrected chi connectivity index (χ1v) is 17.1. The van der Waals surface area contributed by atoms with E-state index in [4.69, 9.17) is 0 Å². The summed E-state index contributed by atoms with van der Waals surface area (Å²) in [5.74, 6) is -1.22. The number of sulfone groups is 1. The van der Waals surface area contributed by atoms with Crippen LogP contribution in [0.5, 0.6) is 0 Å². The van der Waals surface area contributed by atoms with Crippen molar-refractivity contribution in [3.63, 3.8) is 0 Å². The normalized spacial score (nSPS) is 29.4. The quantitative estimate of drug-likeness (QED) is 0.325. The third-order valence-corrected chi connectivity index (χ3v) is 14.1. The number of hydrogen-bond donors (Lipinski definition) is 1. The molecule has 0 radical (unpaired) electrons. The molecule has 2 aromatic carbocycles. The molecule has 3 saturated carbocycles. The van der Waals surface area contributed by atoms with Crippen molar-refractivity contribution in [2.75, 3.05) is 6.54 Å². The van der Waals surface area contributed by atoms with E-state index in [-0.39, 0.29) is 47.7 Å². The Bertz CT molecular complexity index is 1680. The van der Waals surface area contributed by atoms with Crippen molar-refractivity contribution >= 4 is 21.7 Å². The van der Waals surface area contributed by atoms with Crippen LogP contribution in [0, 0.1) is 10.8 Å². The smallest absolute Gasteiger partial charge is 0.435 e. The lowest BCUT2D eigenvalue weighted by Gasteiger charge is -2.52. The number of carboxylic acid groups (broad SMARTS) is 1. The first kappa shape index (κ1) is 33.7. The molecular weight excluding hydrogens is 655 g/mol. The van der Waals surface area contributed by atoms with Gasteiger partial charge >= 0.3 is 24.0 Å². The highest BCUT2D eigenvalue weighted by atomic mass is 32.2. The Morgan fingerprint density at radius 2 is 1.40 bits per heavy atom. The van der Waals surface area contributed by atoms with E-state index in [0.29, 0.717) is 57.1 Å². The highest BCUT2D eigenvalue weighted by Gasteiger charge is 2.74. The zero-order valence-corrected chi connectivity index (χ0v) is 26.3. The molecule has 1 aliphatic heterocycles.